The van der Waals surface area contributed by atoms with Crippen LogP contribution >= 0.6 is 0 Å². The first-order valence-electron chi connectivity index (χ1n) is 21.9. The van der Waals surface area contributed by atoms with Crippen LogP contribution in [0.4, 0.5) is 34.1 Å². The van der Waals surface area contributed by atoms with Crippen LogP contribution in [0.3, 0.4) is 0 Å². The third-order valence-electron chi connectivity index (χ3n) is 13.3. The lowest BCUT2D eigenvalue weighted by atomic mass is 9.75. The highest BCUT2D eigenvalue weighted by molar-refractivity contribution is 6.15. The predicted molar refractivity (Wildman–Crippen MR) is 266 cm³/mol. The molecule has 0 radical (unpaired) electrons. The number of anilines is 6. The second-order valence-electron chi connectivity index (χ2n) is 17.3. The van der Waals surface area contributed by atoms with Crippen molar-refractivity contribution in [1.82, 2.24) is 0 Å². The van der Waals surface area contributed by atoms with Crippen LogP contribution in [0.1, 0.15) is 25.0 Å². The van der Waals surface area contributed by atoms with Crippen LogP contribution in [0.2, 0.25) is 0 Å². The largest absolute Gasteiger partial charge is 0.310 e. The summed E-state index contributed by atoms with van der Waals surface area (Å²) in [6, 6.07) is 84.9. The molecule has 0 spiro atoms. The van der Waals surface area contributed by atoms with Gasteiger partial charge in [0.1, 0.15) is 0 Å². The third kappa shape index (κ3) is 5.86. The molecule has 12 rings (SSSR count). The minimum Gasteiger partial charge on any atom is -0.310 e. The van der Waals surface area contributed by atoms with Crippen molar-refractivity contribution in [3.05, 3.63) is 242 Å². The second-order valence-corrected chi connectivity index (χ2v) is 17.3. The fourth-order valence-electron chi connectivity index (χ4n) is 10.5. The Kier molecular flexibility index (Phi) is 8.55. The number of hydrogen-bond donors (Lipinski definition) is 0. The molecule has 0 N–H and O–H groups in total. The molecule has 298 valence electrons. The van der Waals surface area contributed by atoms with E-state index in [9.17, 15) is 0 Å². The average Bonchev–Trinajstić information content (AvgIpc) is 3.56. The molecule has 2 aliphatic carbocycles. The minimum absolute atomic E-state index is 0.357. The first kappa shape index (κ1) is 36.9. The van der Waals surface area contributed by atoms with Gasteiger partial charge < -0.3 is 9.80 Å². The maximum atomic E-state index is 2.54. The van der Waals surface area contributed by atoms with Crippen molar-refractivity contribution in [3.8, 4) is 55.6 Å². The summed E-state index contributed by atoms with van der Waals surface area (Å²) in [5.74, 6) is 0. The van der Waals surface area contributed by atoms with Crippen LogP contribution < -0.4 is 9.80 Å². The molecule has 10 aromatic carbocycles. The summed E-state index contributed by atoms with van der Waals surface area (Å²) < 4.78 is 0. The molecule has 0 bridgehead atoms. The van der Waals surface area contributed by atoms with Crippen LogP contribution in [0, 0.1) is 0 Å². The van der Waals surface area contributed by atoms with Gasteiger partial charge >= 0.3 is 0 Å². The molecule has 0 aromatic heterocycles. The van der Waals surface area contributed by atoms with Gasteiger partial charge in [-0.2, -0.15) is 0 Å². The van der Waals surface area contributed by atoms with Crippen molar-refractivity contribution < 1.29 is 0 Å². The number of rotatable bonds is 6. The standard InChI is InChI=1S/C61H44N2/c1-61(2)55-39-47(62(43-23-7-3-8-24-43)44-25-9-4-10-26-44)35-36-52(55)58-56(61)40-57(63(45-27-11-5-12-28-45)46-29-13-6-14-30-46)59-54-38-42-22-16-15-21-41(42)37-53(54)50-33-18-17-31-48(50)49-32-19-20-34-51(49)60(58)59/h3-40H,1-2H3. The van der Waals surface area contributed by atoms with Gasteiger partial charge in [0, 0.05) is 45.0 Å². The van der Waals surface area contributed by atoms with Gasteiger partial charge in [-0.1, -0.05) is 166 Å². The van der Waals surface area contributed by atoms with Gasteiger partial charge in [-0.25, -0.2) is 0 Å². The van der Waals surface area contributed by atoms with Crippen LogP contribution in [-0.4, -0.2) is 0 Å². The van der Waals surface area contributed by atoms with E-state index in [1.54, 1.807) is 0 Å². The molecular formula is C61H44N2. The molecule has 0 saturated heterocycles. The maximum Gasteiger partial charge on any atom is 0.0550 e. The quantitative estimate of drug-likeness (QED) is 0.165. The average molecular weight is 805 g/mol. The summed E-state index contributed by atoms with van der Waals surface area (Å²) in [6.45, 7) is 4.85. The minimum atomic E-state index is -0.357. The van der Waals surface area contributed by atoms with Gasteiger partial charge in [0.05, 0.1) is 5.69 Å². The molecule has 0 atom stereocenters. The van der Waals surface area contributed by atoms with Gasteiger partial charge in [0.25, 0.3) is 0 Å². The zero-order valence-corrected chi connectivity index (χ0v) is 35.3. The van der Waals surface area contributed by atoms with E-state index in [0.29, 0.717) is 0 Å². The molecule has 63 heavy (non-hydrogen) atoms. The van der Waals surface area contributed by atoms with Crippen molar-refractivity contribution in [2.24, 2.45) is 0 Å². The smallest absolute Gasteiger partial charge is 0.0550 e. The number of hydrogen-bond acceptors (Lipinski definition) is 2. The van der Waals surface area contributed by atoms with E-state index in [2.05, 4.69) is 254 Å². The Morgan fingerprint density at radius 2 is 0.698 bits per heavy atom. The number of para-hydroxylation sites is 4. The van der Waals surface area contributed by atoms with Crippen molar-refractivity contribution in [2.45, 2.75) is 19.3 Å². The molecule has 2 heteroatoms. The predicted octanol–water partition coefficient (Wildman–Crippen LogP) is 17.1. The topological polar surface area (TPSA) is 6.48 Å². The van der Waals surface area contributed by atoms with Crippen molar-refractivity contribution >= 4 is 44.9 Å². The van der Waals surface area contributed by atoms with E-state index < -0.39 is 0 Å². The fourth-order valence-corrected chi connectivity index (χ4v) is 10.5. The van der Waals surface area contributed by atoms with E-state index in [1.165, 1.54) is 77.5 Å². The molecule has 0 unspecified atom stereocenters. The Balaban J connectivity index is 1.24. The Bertz CT molecular complexity index is 3270. The van der Waals surface area contributed by atoms with Crippen LogP contribution in [0.5, 0.6) is 0 Å². The van der Waals surface area contributed by atoms with Crippen LogP contribution in [0.25, 0.3) is 66.4 Å². The Morgan fingerprint density at radius 1 is 0.270 bits per heavy atom. The molecule has 10 aromatic rings. The van der Waals surface area contributed by atoms with Crippen molar-refractivity contribution in [2.75, 3.05) is 9.80 Å². The van der Waals surface area contributed by atoms with E-state index in [4.69, 9.17) is 0 Å². The number of fused-ring (bicyclic) bond motifs is 13. The summed E-state index contributed by atoms with van der Waals surface area (Å²) >= 11 is 0. The molecule has 0 aliphatic heterocycles. The summed E-state index contributed by atoms with van der Waals surface area (Å²) in [5.41, 5.74) is 21.5. The van der Waals surface area contributed by atoms with Gasteiger partial charge in [0.15, 0.2) is 0 Å². The first-order chi connectivity index (χ1) is 31.0. The molecule has 0 fully saturated rings. The van der Waals surface area contributed by atoms with Crippen LogP contribution in [-0.2, 0) is 5.41 Å². The highest BCUT2D eigenvalue weighted by Gasteiger charge is 2.42. The SMILES string of the molecule is CC1(C)c2cc(N(c3ccccc3)c3ccccc3)ccc2-c2c1cc(N(c1ccccc1)c1ccccc1)c1c2-c2ccccc2-c2ccccc2-c2cc3ccccc3cc2-1. The zero-order chi connectivity index (χ0) is 42.1. The van der Waals surface area contributed by atoms with Gasteiger partial charge in [-0.05, 0) is 145 Å². The summed E-state index contributed by atoms with van der Waals surface area (Å²) in [4.78, 5) is 4.88. The van der Waals surface area contributed by atoms with Gasteiger partial charge in [-0.3, -0.25) is 0 Å². The fraction of sp³-hybridized carbons (Fsp3) is 0.0492. The number of benzene rings is 10. The van der Waals surface area contributed by atoms with Gasteiger partial charge in [-0.15, -0.1) is 0 Å². The molecule has 2 aliphatic rings. The second kappa shape index (κ2) is 14.6. The Hall–Kier alpha value is -7.94. The lowest BCUT2D eigenvalue weighted by Gasteiger charge is -2.34. The maximum absolute atomic E-state index is 2.54. The monoisotopic (exact) mass is 804 g/mol. The van der Waals surface area contributed by atoms with Crippen molar-refractivity contribution in [1.29, 1.82) is 0 Å². The van der Waals surface area contributed by atoms with Gasteiger partial charge in [0.2, 0.25) is 0 Å². The van der Waals surface area contributed by atoms with Crippen LogP contribution in [0.15, 0.2) is 231 Å². The summed E-state index contributed by atoms with van der Waals surface area (Å²) in [6.07, 6.45) is 0. The number of nitrogens with zero attached hydrogens (tertiary/aromatic N) is 2. The highest BCUT2D eigenvalue weighted by Crippen LogP contribution is 2.62. The van der Waals surface area contributed by atoms with E-state index >= 15 is 0 Å². The first-order valence-corrected chi connectivity index (χ1v) is 21.9. The van der Waals surface area contributed by atoms with Crippen molar-refractivity contribution in [3.63, 3.8) is 0 Å². The lowest BCUT2D eigenvalue weighted by molar-refractivity contribution is 0.660. The highest BCUT2D eigenvalue weighted by atomic mass is 15.1. The summed E-state index contributed by atoms with van der Waals surface area (Å²) in [7, 11) is 0. The van der Waals surface area contributed by atoms with E-state index in [-0.39, 0.29) is 5.41 Å². The Morgan fingerprint density at radius 3 is 1.24 bits per heavy atom. The zero-order valence-electron chi connectivity index (χ0n) is 35.3. The lowest BCUT2D eigenvalue weighted by Crippen LogP contribution is -2.18. The molecule has 0 amide bonds. The molecule has 0 saturated carbocycles. The van der Waals surface area contributed by atoms with E-state index in [1.807, 2.05) is 0 Å². The molecule has 2 nitrogen and oxygen atoms in total. The Labute approximate surface area is 369 Å². The van der Waals surface area contributed by atoms with E-state index in [0.717, 1.165) is 34.1 Å². The molecule has 0 heterocycles. The molecular weight excluding hydrogens is 761 g/mol. The summed E-state index contributed by atoms with van der Waals surface area (Å²) in [5, 5.41) is 2.45. The normalized spacial score (nSPS) is 12.7. The third-order valence-corrected chi connectivity index (χ3v) is 13.3.